The molecule has 23 heavy (non-hydrogen) atoms. The minimum atomic E-state index is -0.145. The van der Waals surface area contributed by atoms with Crippen LogP contribution in [0.3, 0.4) is 0 Å². The van der Waals surface area contributed by atoms with Crippen LogP contribution in [0, 0.1) is 0 Å². The molecule has 1 saturated heterocycles. The van der Waals surface area contributed by atoms with Gasteiger partial charge in [-0.1, -0.05) is 18.5 Å². The summed E-state index contributed by atoms with van der Waals surface area (Å²) in [6.07, 6.45) is 0. The number of piperazine rings is 1. The van der Waals surface area contributed by atoms with Crippen molar-refractivity contribution in [2.24, 2.45) is 0 Å². The van der Waals surface area contributed by atoms with Crippen molar-refractivity contribution in [1.82, 2.24) is 9.80 Å². The predicted molar refractivity (Wildman–Crippen MR) is 92.4 cm³/mol. The number of nitrogens with zero attached hydrogens (tertiary/aromatic N) is 2. The second-order valence-corrected chi connectivity index (χ2v) is 6.36. The van der Waals surface area contributed by atoms with Gasteiger partial charge in [0.05, 0.1) is 24.3 Å². The molecule has 1 aliphatic heterocycles. The number of hydrogen-bond donors (Lipinski definition) is 2. The Hall–Kier alpha value is -1.01. The first-order valence-electron chi connectivity index (χ1n) is 8.25. The minimum Gasteiger partial charge on any atom is -0.503 e. The molecule has 0 aromatic heterocycles. The lowest BCUT2D eigenvalue weighted by atomic mass is 10.0. The largest absolute Gasteiger partial charge is 0.503 e. The van der Waals surface area contributed by atoms with Crippen molar-refractivity contribution in [3.05, 3.63) is 22.7 Å². The molecular weight excluding hydrogens is 316 g/mol. The van der Waals surface area contributed by atoms with E-state index >= 15 is 0 Å². The van der Waals surface area contributed by atoms with Gasteiger partial charge in [0.25, 0.3) is 0 Å². The molecule has 1 heterocycles. The Kier molecular flexibility index (Phi) is 6.53. The van der Waals surface area contributed by atoms with E-state index in [1.807, 2.05) is 6.92 Å². The highest BCUT2D eigenvalue weighted by atomic mass is 35.5. The van der Waals surface area contributed by atoms with Gasteiger partial charge in [-0.05, 0) is 38.1 Å². The van der Waals surface area contributed by atoms with Gasteiger partial charge in [-0.25, -0.2) is 0 Å². The fourth-order valence-electron chi connectivity index (χ4n) is 3.26. The number of benzene rings is 1. The molecule has 2 N–H and O–H groups in total. The maximum atomic E-state index is 9.99. The second-order valence-electron chi connectivity index (χ2n) is 5.95. The number of ether oxygens (including phenoxy) is 1. The molecule has 0 spiro atoms. The van der Waals surface area contributed by atoms with Gasteiger partial charge in [0.2, 0.25) is 0 Å². The molecule has 2 atom stereocenters. The first-order valence-corrected chi connectivity index (χ1v) is 8.63. The SMILES string of the molecule is CCOc1cc(C(CO)N2CCN(CC)C(C)C2)cc(Cl)c1O. The third-order valence-electron chi connectivity index (χ3n) is 4.55. The van der Waals surface area contributed by atoms with Crippen LogP contribution < -0.4 is 4.74 Å². The average molecular weight is 343 g/mol. The Balaban J connectivity index is 2.24. The van der Waals surface area contributed by atoms with Crippen LogP contribution in [0.2, 0.25) is 5.02 Å². The molecule has 130 valence electrons. The van der Waals surface area contributed by atoms with Gasteiger partial charge < -0.3 is 14.9 Å². The second kappa shape index (κ2) is 8.20. The van der Waals surface area contributed by atoms with E-state index in [9.17, 15) is 10.2 Å². The number of aliphatic hydroxyl groups is 1. The molecule has 0 radical (unpaired) electrons. The fourth-order valence-corrected chi connectivity index (χ4v) is 3.48. The van der Waals surface area contributed by atoms with Crippen molar-refractivity contribution in [1.29, 1.82) is 0 Å². The van der Waals surface area contributed by atoms with E-state index in [4.69, 9.17) is 16.3 Å². The molecule has 2 rings (SSSR count). The van der Waals surface area contributed by atoms with Crippen molar-refractivity contribution in [3.63, 3.8) is 0 Å². The van der Waals surface area contributed by atoms with Gasteiger partial charge in [-0.15, -0.1) is 0 Å². The summed E-state index contributed by atoms with van der Waals surface area (Å²) in [4.78, 5) is 4.70. The highest BCUT2D eigenvalue weighted by Gasteiger charge is 2.29. The molecule has 6 heteroatoms. The van der Waals surface area contributed by atoms with Crippen LogP contribution in [-0.4, -0.2) is 65.4 Å². The Labute approximate surface area is 143 Å². The van der Waals surface area contributed by atoms with Crippen LogP contribution in [-0.2, 0) is 0 Å². The molecule has 5 nitrogen and oxygen atoms in total. The number of aromatic hydroxyl groups is 1. The number of halogens is 1. The lowest BCUT2D eigenvalue weighted by Gasteiger charge is -2.42. The van der Waals surface area contributed by atoms with Crippen molar-refractivity contribution in [3.8, 4) is 11.5 Å². The molecule has 0 bridgehead atoms. The zero-order valence-electron chi connectivity index (χ0n) is 14.1. The van der Waals surface area contributed by atoms with Gasteiger partial charge >= 0.3 is 0 Å². The van der Waals surface area contributed by atoms with Gasteiger partial charge in [0.15, 0.2) is 11.5 Å². The molecule has 2 unspecified atom stereocenters. The first-order chi connectivity index (χ1) is 11.0. The summed E-state index contributed by atoms with van der Waals surface area (Å²) in [5, 5.41) is 20.2. The third-order valence-corrected chi connectivity index (χ3v) is 4.84. The van der Waals surface area contributed by atoms with Crippen molar-refractivity contribution >= 4 is 11.6 Å². The highest BCUT2D eigenvalue weighted by molar-refractivity contribution is 6.32. The number of phenolic OH excluding ortho intramolecular Hbond substituents is 1. The van der Waals surface area contributed by atoms with E-state index in [2.05, 4.69) is 23.6 Å². The molecule has 1 aromatic rings. The van der Waals surface area contributed by atoms with Gasteiger partial charge in [0, 0.05) is 25.7 Å². The maximum absolute atomic E-state index is 9.99. The van der Waals surface area contributed by atoms with Gasteiger partial charge in [0.1, 0.15) is 0 Å². The van der Waals surface area contributed by atoms with Crippen LogP contribution in [0.15, 0.2) is 12.1 Å². The molecule has 0 saturated carbocycles. The van der Waals surface area contributed by atoms with E-state index in [0.717, 1.165) is 31.7 Å². The van der Waals surface area contributed by atoms with Crippen LogP contribution in [0.4, 0.5) is 0 Å². The van der Waals surface area contributed by atoms with Crippen molar-refractivity contribution < 1.29 is 14.9 Å². The van der Waals surface area contributed by atoms with Gasteiger partial charge in [-0.2, -0.15) is 0 Å². The quantitative estimate of drug-likeness (QED) is 0.832. The van der Waals surface area contributed by atoms with Crippen LogP contribution in [0.25, 0.3) is 0 Å². The van der Waals surface area contributed by atoms with Crippen molar-refractivity contribution in [2.45, 2.75) is 32.9 Å². The lowest BCUT2D eigenvalue weighted by Crippen LogP contribution is -2.53. The maximum Gasteiger partial charge on any atom is 0.176 e. The monoisotopic (exact) mass is 342 g/mol. The average Bonchev–Trinajstić information content (AvgIpc) is 2.53. The van der Waals surface area contributed by atoms with E-state index < -0.39 is 0 Å². The lowest BCUT2D eigenvalue weighted by molar-refractivity contribution is 0.0366. The van der Waals surface area contributed by atoms with E-state index in [0.29, 0.717) is 18.4 Å². The number of aliphatic hydroxyl groups excluding tert-OH is 1. The smallest absolute Gasteiger partial charge is 0.176 e. The first kappa shape index (κ1) is 18.3. The Morgan fingerprint density at radius 3 is 2.65 bits per heavy atom. The number of hydrogen-bond acceptors (Lipinski definition) is 5. The third kappa shape index (κ3) is 4.10. The summed E-state index contributed by atoms with van der Waals surface area (Å²) in [6, 6.07) is 3.80. The summed E-state index contributed by atoms with van der Waals surface area (Å²) in [5.74, 6) is 0.326. The van der Waals surface area contributed by atoms with Crippen molar-refractivity contribution in [2.75, 3.05) is 39.4 Å². The van der Waals surface area contributed by atoms with Gasteiger partial charge in [-0.3, -0.25) is 9.80 Å². The summed E-state index contributed by atoms with van der Waals surface area (Å²) in [5.41, 5.74) is 0.871. The zero-order chi connectivity index (χ0) is 17.0. The van der Waals surface area contributed by atoms with Crippen LogP contribution >= 0.6 is 11.6 Å². The normalized spacial score (nSPS) is 21.3. The Morgan fingerprint density at radius 2 is 2.09 bits per heavy atom. The molecular formula is C17H27ClN2O3. The fraction of sp³-hybridized carbons (Fsp3) is 0.647. The Bertz CT molecular complexity index is 527. The summed E-state index contributed by atoms with van der Waals surface area (Å²) < 4.78 is 5.45. The molecule has 0 amide bonds. The zero-order valence-corrected chi connectivity index (χ0v) is 14.9. The number of rotatable bonds is 6. The van der Waals surface area contributed by atoms with Crippen LogP contribution in [0.5, 0.6) is 11.5 Å². The molecule has 1 aliphatic rings. The molecule has 1 aromatic carbocycles. The van der Waals surface area contributed by atoms with Crippen LogP contribution in [0.1, 0.15) is 32.4 Å². The summed E-state index contributed by atoms with van der Waals surface area (Å²) in [7, 11) is 0. The minimum absolute atomic E-state index is 0.00547. The number of phenols is 1. The molecule has 1 fully saturated rings. The molecule has 0 aliphatic carbocycles. The standard InChI is InChI=1S/C17H27ClN2O3/c1-4-19-6-7-20(10-12(19)3)15(11-21)13-8-14(18)17(22)16(9-13)23-5-2/h8-9,12,15,21-22H,4-7,10-11H2,1-3H3. The number of likely N-dealkylation sites (N-methyl/N-ethyl adjacent to an activating group) is 1. The van der Waals surface area contributed by atoms with E-state index in [1.54, 1.807) is 12.1 Å². The highest BCUT2D eigenvalue weighted by Crippen LogP contribution is 2.38. The Morgan fingerprint density at radius 1 is 1.35 bits per heavy atom. The summed E-state index contributed by atoms with van der Waals surface area (Å²) >= 11 is 6.13. The predicted octanol–water partition coefficient (Wildman–Crippen LogP) is 2.50. The topological polar surface area (TPSA) is 56.2 Å². The van der Waals surface area contributed by atoms with E-state index in [1.165, 1.54) is 0 Å². The summed E-state index contributed by atoms with van der Waals surface area (Å²) in [6.45, 7) is 10.5. The van der Waals surface area contributed by atoms with E-state index in [-0.39, 0.29) is 23.4 Å².